The van der Waals surface area contributed by atoms with Gasteiger partial charge in [0.25, 0.3) is 5.91 Å². The topological polar surface area (TPSA) is 106 Å². The smallest absolute Gasteiger partial charge is 0.253 e. The monoisotopic (exact) mass is 401 g/mol. The van der Waals surface area contributed by atoms with Crippen LogP contribution < -0.4 is 11.1 Å². The highest BCUT2D eigenvalue weighted by atomic mass is 19.1. The van der Waals surface area contributed by atoms with Crippen molar-refractivity contribution in [2.24, 2.45) is 0 Å². The summed E-state index contributed by atoms with van der Waals surface area (Å²) in [5, 5.41) is 18.0. The summed E-state index contributed by atoms with van der Waals surface area (Å²) < 4.78 is 29.2. The van der Waals surface area contributed by atoms with Crippen LogP contribution in [-0.2, 0) is 12.1 Å². The van der Waals surface area contributed by atoms with E-state index in [1.165, 1.54) is 24.3 Å². The Balaban J connectivity index is 1.96. The molecular formula is C20H21F2N5O2. The van der Waals surface area contributed by atoms with Gasteiger partial charge in [0.2, 0.25) is 0 Å². The van der Waals surface area contributed by atoms with Gasteiger partial charge in [0.05, 0.1) is 18.2 Å². The Bertz CT molecular complexity index is 1030. The summed E-state index contributed by atoms with van der Waals surface area (Å²) in [6, 6.07) is 6.87. The van der Waals surface area contributed by atoms with Crippen molar-refractivity contribution in [2.75, 3.05) is 5.73 Å². The molecule has 0 aliphatic carbocycles. The summed E-state index contributed by atoms with van der Waals surface area (Å²) in [7, 11) is 0. The predicted molar refractivity (Wildman–Crippen MR) is 103 cm³/mol. The van der Waals surface area contributed by atoms with Crippen molar-refractivity contribution in [3.05, 3.63) is 77.4 Å². The van der Waals surface area contributed by atoms with Gasteiger partial charge in [-0.25, -0.2) is 18.4 Å². The number of hydrogen-bond donors (Lipinski definition) is 3. The summed E-state index contributed by atoms with van der Waals surface area (Å²) in [5.74, 6) is -2.25. The van der Waals surface area contributed by atoms with E-state index in [0.29, 0.717) is 6.07 Å². The fourth-order valence-corrected chi connectivity index (χ4v) is 3.12. The van der Waals surface area contributed by atoms with E-state index in [0.717, 1.165) is 17.7 Å². The molecule has 0 saturated carbocycles. The zero-order valence-electron chi connectivity index (χ0n) is 15.9. The van der Waals surface area contributed by atoms with Crippen molar-refractivity contribution < 1.29 is 18.7 Å². The van der Waals surface area contributed by atoms with Crippen molar-refractivity contribution in [3.8, 4) is 0 Å². The molecule has 1 amide bonds. The molecule has 2 atom stereocenters. The number of nitrogens with one attached hydrogen (secondary N) is 1. The van der Waals surface area contributed by atoms with Gasteiger partial charge < -0.3 is 16.2 Å². The first-order chi connectivity index (χ1) is 13.7. The van der Waals surface area contributed by atoms with Crippen LogP contribution in [0.2, 0.25) is 0 Å². The normalized spacial score (nSPS) is 14.2. The molecule has 1 aromatic heterocycles. The maximum absolute atomic E-state index is 14.5. The number of nitrogens with zero attached hydrogens (tertiary/aromatic N) is 3. The molecule has 0 spiro atoms. The van der Waals surface area contributed by atoms with Gasteiger partial charge in [-0.05, 0) is 32.0 Å². The minimum absolute atomic E-state index is 0.181. The van der Waals surface area contributed by atoms with Gasteiger partial charge >= 0.3 is 0 Å². The van der Waals surface area contributed by atoms with Crippen LogP contribution in [0.4, 0.5) is 14.5 Å². The Kier molecular flexibility index (Phi) is 5.60. The average molecular weight is 401 g/mol. The summed E-state index contributed by atoms with van der Waals surface area (Å²) in [6.07, 6.45) is 2.61. The Morgan fingerprint density at radius 2 is 2.07 bits per heavy atom. The van der Waals surface area contributed by atoms with Crippen LogP contribution in [-0.4, -0.2) is 31.8 Å². The highest BCUT2D eigenvalue weighted by Gasteiger charge is 2.40. The van der Waals surface area contributed by atoms with Gasteiger partial charge in [0.15, 0.2) is 0 Å². The van der Waals surface area contributed by atoms with E-state index in [1.807, 2.05) is 6.92 Å². The number of aliphatic hydroxyl groups is 1. The predicted octanol–water partition coefficient (Wildman–Crippen LogP) is 2.15. The summed E-state index contributed by atoms with van der Waals surface area (Å²) in [6.45, 7) is 3.11. The van der Waals surface area contributed by atoms with Gasteiger partial charge in [0, 0.05) is 17.3 Å². The number of aryl methyl sites for hydroxylation is 1. The van der Waals surface area contributed by atoms with Gasteiger partial charge in [-0.2, -0.15) is 5.10 Å². The molecule has 0 saturated heterocycles. The number of hydrogen-bond acceptors (Lipinski definition) is 5. The van der Waals surface area contributed by atoms with Crippen molar-refractivity contribution in [3.63, 3.8) is 0 Å². The molecule has 152 valence electrons. The molecule has 2 aromatic carbocycles. The number of halogens is 2. The third-order valence-electron chi connectivity index (χ3n) is 4.78. The third kappa shape index (κ3) is 4.24. The first-order valence-electron chi connectivity index (χ1n) is 8.88. The van der Waals surface area contributed by atoms with Crippen LogP contribution in [0.25, 0.3) is 0 Å². The number of carbonyl (C=O) groups is 1. The second kappa shape index (κ2) is 7.96. The highest BCUT2D eigenvalue weighted by Crippen LogP contribution is 2.30. The second-order valence-electron chi connectivity index (χ2n) is 6.93. The summed E-state index contributed by atoms with van der Waals surface area (Å²) in [4.78, 5) is 16.6. The number of nitrogens with two attached hydrogens (primary N) is 1. The number of nitrogen functional groups attached to an aromatic ring is 1. The van der Waals surface area contributed by atoms with Gasteiger partial charge in [-0.1, -0.05) is 17.7 Å². The molecular weight excluding hydrogens is 380 g/mol. The van der Waals surface area contributed by atoms with Gasteiger partial charge in [-0.15, -0.1) is 0 Å². The molecule has 0 radical (unpaired) electrons. The van der Waals surface area contributed by atoms with Crippen molar-refractivity contribution >= 4 is 11.6 Å². The van der Waals surface area contributed by atoms with Crippen molar-refractivity contribution in [1.29, 1.82) is 0 Å². The minimum Gasteiger partial charge on any atom is -0.398 e. The number of rotatable bonds is 6. The van der Waals surface area contributed by atoms with E-state index in [-0.39, 0.29) is 23.4 Å². The van der Waals surface area contributed by atoms with Crippen LogP contribution in [0.15, 0.2) is 49.1 Å². The third-order valence-corrected chi connectivity index (χ3v) is 4.78. The Morgan fingerprint density at radius 1 is 1.31 bits per heavy atom. The molecule has 3 aromatic rings. The zero-order chi connectivity index (χ0) is 21.2. The fourth-order valence-electron chi connectivity index (χ4n) is 3.12. The number of anilines is 1. The lowest BCUT2D eigenvalue weighted by atomic mass is 9.86. The quantitative estimate of drug-likeness (QED) is 0.549. The van der Waals surface area contributed by atoms with E-state index in [9.17, 15) is 18.7 Å². The molecule has 0 fully saturated rings. The SMILES string of the molecule is Cc1ccc(N)c(C(=O)N[C@H](C)[C@](O)(Cn2cncn2)c2ccc(F)cc2F)c1. The van der Waals surface area contributed by atoms with E-state index in [1.54, 1.807) is 18.2 Å². The van der Waals surface area contributed by atoms with E-state index in [4.69, 9.17) is 5.73 Å². The van der Waals surface area contributed by atoms with E-state index in [2.05, 4.69) is 15.4 Å². The largest absolute Gasteiger partial charge is 0.398 e. The van der Waals surface area contributed by atoms with Crippen LogP contribution in [0.5, 0.6) is 0 Å². The number of aromatic nitrogens is 3. The number of carbonyl (C=O) groups excluding carboxylic acids is 1. The summed E-state index contributed by atoms with van der Waals surface area (Å²) >= 11 is 0. The minimum atomic E-state index is -1.94. The lowest BCUT2D eigenvalue weighted by Crippen LogP contribution is -2.52. The first-order valence-corrected chi connectivity index (χ1v) is 8.88. The van der Waals surface area contributed by atoms with Crippen molar-refractivity contribution in [1.82, 2.24) is 20.1 Å². The molecule has 3 rings (SSSR count). The Morgan fingerprint density at radius 3 is 2.72 bits per heavy atom. The van der Waals surface area contributed by atoms with E-state index >= 15 is 0 Å². The lowest BCUT2D eigenvalue weighted by molar-refractivity contribution is -0.0186. The highest BCUT2D eigenvalue weighted by molar-refractivity contribution is 5.99. The molecule has 1 heterocycles. The van der Waals surface area contributed by atoms with Gasteiger partial charge in [0.1, 0.15) is 29.9 Å². The first kappa shape index (κ1) is 20.4. The standard InChI is InChI=1S/C20H21F2N5O2/c1-12-3-6-18(23)15(7-12)19(28)26-13(2)20(29,9-27-11-24-10-25-27)16-5-4-14(21)8-17(16)22/h3-8,10-11,13,29H,9,23H2,1-2H3,(H,26,28)/t13-,20-/m1/s1. The zero-order valence-corrected chi connectivity index (χ0v) is 15.9. The lowest BCUT2D eigenvalue weighted by Gasteiger charge is -2.35. The van der Waals surface area contributed by atoms with Crippen LogP contribution in [0.3, 0.4) is 0 Å². The number of benzene rings is 2. The molecule has 9 heteroatoms. The van der Waals surface area contributed by atoms with Crippen LogP contribution >= 0.6 is 0 Å². The van der Waals surface area contributed by atoms with Crippen LogP contribution in [0, 0.1) is 18.6 Å². The molecule has 4 N–H and O–H groups in total. The molecule has 29 heavy (non-hydrogen) atoms. The van der Waals surface area contributed by atoms with Crippen LogP contribution in [0.1, 0.15) is 28.4 Å². The fraction of sp³-hybridized carbons (Fsp3) is 0.250. The maximum Gasteiger partial charge on any atom is 0.253 e. The van der Waals surface area contributed by atoms with E-state index < -0.39 is 29.2 Å². The average Bonchev–Trinajstić information content (AvgIpc) is 3.16. The number of amides is 1. The molecule has 0 aliphatic rings. The van der Waals surface area contributed by atoms with Gasteiger partial charge in [-0.3, -0.25) is 4.79 Å². The molecule has 0 aliphatic heterocycles. The summed E-state index contributed by atoms with van der Waals surface area (Å²) in [5.41, 5.74) is 5.10. The molecule has 0 bridgehead atoms. The Hall–Kier alpha value is -3.33. The molecule has 7 nitrogen and oxygen atoms in total. The van der Waals surface area contributed by atoms with Crippen molar-refractivity contribution in [2.45, 2.75) is 32.0 Å². The maximum atomic E-state index is 14.5. The Labute approximate surface area is 166 Å². The second-order valence-corrected chi connectivity index (χ2v) is 6.93. The molecule has 0 unspecified atom stereocenters.